The van der Waals surface area contributed by atoms with E-state index >= 15 is 0 Å². The number of nitrogens with one attached hydrogen (secondary N) is 1. The molecule has 0 spiro atoms. The molecule has 1 aliphatic rings. The van der Waals surface area contributed by atoms with Gasteiger partial charge in [0.25, 0.3) is 5.92 Å². The van der Waals surface area contributed by atoms with Crippen LogP contribution in [0.25, 0.3) is 27.7 Å². The van der Waals surface area contributed by atoms with Gasteiger partial charge in [-0.3, -0.25) is 9.61 Å². The minimum absolute atomic E-state index is 0.0464. The molecule has 9 nitrogen and oxygen atoms in total. The van der Waals surface area contributed by atoms with E-state index in [-0.39, 0.29) is 37.2 Å². The first-order valence-electron chi connectivity index (χ1n) is 11.0. The number of nitrogens with zero attached hydrogens (tertiary/aromatic N) is 7. The van der Waals surface area contributed by atoms with Crippen LogP contribution in [0.15, 0.2) is 35.4 Å². The van der Waals surface area contributed by atoms with Gasteiger partial charge in [-0.05, 0) is 37.2 Å². The first-order valence-corrected chi connectivity index (χ1v) is 10.5. The second-order valence-electron chi connectivity index (χ2n) is 8.07. The highest BCUT2D eigenvalue weighted by Gasteiger charge is 2.43. The molecule has 0 amide bonds. The highest BCUT2D eigenvalue weighted by molar-refractivity contribution is 5.89. The van der Waals surface area contributed by atoms with Gasteiger partial charge in [-0.15, -0.1) is 5.10 Å². The van der Waals surface area contributed by atoms with E-state index in [1.807, 2.05) is 6.07 Å². The summed E-state index contributed by atoms with van der Waals surface area (Å²) in [5.74, 6) is -2.86. The fourth-order valence-electron chi connectivity index (χ4n) is 4.16. The number of fused-ring (bicyclic) bond motifs is 2. The number of hydrogen-bond donors (Lipinski definition) is 1. The summed E-state index contributed by atoms with van der Waals surface area (Å²) < 4.78 is 58.7. The predicted octanol–water partition coefficient (Wildman–Crippen LogP) is 2.29. The molecule has 0 aliphatic carbocycles. The van der Waals surface area contributed by atoms with Gasteiger partial charge in [0.05, 0.1) is 27.1 Å². The zero-order valence-electron chi connectivity index (χ0n) is 19.1. The monoisotopic (exact) mass is 461 g/mol. The number of ether oxygens (including phenoxy) is 1. The van der Waals surface area contributed by atoms with Crippen LogP contribution in [0.4, 0.5) is 13.2 Å². The van der Waals surface area contributed by atoms with Crippen molar-refractivity contribution in [2.45, 2.75) is 24.9 Å². The van der Waals surface area contributed by atoms with Crippen LogP contribution in [0.5, 0.6) is 5.88 Å². The molecule has 5 rings (SSSR count). The van der Waals surface area contributed by atoms with E-state index in [9.17, 15) is 13.2 Å². The summed E-state index contributed by atoms with van der Waals surface area (Å²) in [7, 11) is 3.06. The Morgan fingerprint density at radius 3 is 2.97 bits per heavy atom. The number of alkyl halides is 3. The second kappa shape index (κ2) is 8.18. The van der Waals surface area contributed by atoms with Gasteiger partial charge in [0.15, 0.2) is 0 Å². The maximum absolute atomic E-state index is 14.5. The molecule has 33 heavy (non-hydrogen) atoms. The first kappa shape index (κ1) is 20.2. The average molecular weight is 461 g/mol. The molecular formula is C21H23F3N8O. The van der Waals surface area contributed by atoms with E-state index in [1.54, 1.807) is 30.1 Å². The minimum atomic E-state index is -3.00. The highest BCUT2D eigenvalue weighted by atomic mass is 19.3. The first-order chi connectivity index (χ1) is 16.3. The van der Waals surface area contributed by atoms with Crippen molar-refractivity contribution in [1.82, 2.24) is 34.5 Å². The Morgan fingerprint density at radius 1 is 1.36 bits per heavy atom. The van der Waals surface area contributed by atoms with Crippen LogP contribution >= 0.6 is 0 Å². The van der Waals surface area contributed by atoms with Gasteiger partial charge in [0, 0.05) is 18.3 Å². The number of H-pyrrole nitrogens is 1. The van der Waals surface area contributed by atoms with E-state index in [2.05, 4.69) is 25.4 Å². The smallest absolute Gasteiger partial charge is 0.282 e. The summed E-state index contributed by atoms with van der Waals surface area (Å²) in [6.07, 6.45) is 0.248. The Balaban J connectivity index is 1.64. The van der Waals surface area contributed by atoms with Crippen molar-refractivity contribution in [3.05, 3.63) is 36.1 Å². The van der Waals surface area contributed by atoms with Crippen LogP contribution in [-0.4, -0.2) is 80.4 Å². The number of halogens is 3. The van der Waals surface area contributed by atoms with Gasteiger partial charge >= 0.3 is 0 Å². The average Bonchev–Trinajstić information content (AvgIpc) is 3.36. The third-order valence-corrected chi connectivity index (χ3v) is 5.78. The highest BCUT2D eigenvalue weighted by Crippen LogP contribution is 2.32. The van der Waals surface area contributed by atoms with Crippen molar-refractivity contribution in [1.29, 1.82) is 0 Å². The topological polar surface area (TPSA) is 88.6 Å². The lowest BCUT2D eigenvalue weighted by Crippen LogP contribution is -2.50. The van der Waals surface area contributed by atoms with E-state index in [1.165, 1.54) is 16.3 Å². The Morgan fingerprint density at radius 2 is 2.21 bits per heavy atom. The molecule has 0 bridgehead atoms. The summed E-state index contributed by atoms with van der Waals surface area (Å²) in [5, 5.41) is 10.9. The fourth-order valence-corrected chi connectivity index (χ4v) is 4.16. The number of methoxy groups -OCH3 is 1. The standard InChI is InChI=1S/C21H23F3N8O/c1-30-8-6-17(21(23,24)12-30)25-20-26-19(33-2)18-14(5-9-32(18)28-20)13-3-4-15-16(11-13)31(10-7-22)29-27-15/h3-5,9,11,17H,6-8,10,12H2,1-2H3,(H,25,28)/i9D. The van der Waals surface area contributed by atoms with Crippen molar-refractivity contribution in [2.75, 3.05) is 33.9 Å². The Bertz CT molecular complexity index is 1430. The van der Waals surface area contributed by atoms with Crippen LogP contribution in [0.2, 0.25) is 0 Å². The maximum Gasteiger partial charge on any atom is 0.282 e. The van der Waals surface area contributed by atoms with E-state index in [0.29, 0.717) is 34.2 Å². The van der Waals surface area contributed by atoms with Gasteiger partial charge in [-0.1, -0.05) is 11.3 Å². The Hall–Kier alpha value is -3.41. The van der Waals surface area contributed by atoms with Crippen molar-refractivity contribution in [3.63, 3.8) is 0 Å². The zero-order valence-corrected chi connectivity index (χ0v) is 18.1. The van der Waals surface area contributed by atoms with Gasteiger partial charge in [-0.25, -0.2) is 22.8 Å². The van der Waals surface area contributed by atoms with Crippen LogP contribution in [0.1, 0.15) is 7.79 Å². The lowest BCUT2D eigenvalue weighted by molar-refractivity contribution is -0.0738. The van der Waals surface area contributed by atoms with Gasteiger partial charge in [0.1, 0.15) is 23.7 Å². The third kappa shape index (κ3) is 3.84. The van der Waals surface area contributed by atoms with E-state index in [0.717, 1.165) is 0 Å². The van der Waals surface area contributed by atoms with Crippen LogP contribution in [0.3, 0.4) is 0 Å². The summed E-state index contributed by atoms with van der Waals surface area (Å²) in [6.45, 7) is -0.389. The number of piperidine rings is 1. The molecule has 4 heterocycles. The number of aryl methyl sites for hydroxylation is 1. The summed E-state index contributed by atoms with van der Waals surface area (Å²) in [5.41, 5.74) is 3.00. The van der Waals surface area contributed by atoms with Gasteiger partial charge in [0.2, 0.25) is 11.5 Å². The molecule has 1 unspecified atom stereocenters. The normalized spacial score (nSPS) is 20.0. The summed E-state index contributed by atoms with van der Waals surface area (Å²) in [4.78, 5) is 10.1. The number of aromatic amines is 1. The maximum atomic E-state index is 14.5. The lowest BCUT2D eigenvalue weighted by atomic mass is 10.0. The number of aromatic nitrogens is 6. The van der Waals surface area contributed by atoms with Gasteiger partial charge in [-0.2, -0.15) is 4.98 Å². The third-order valence-electron chi connectivity index (χ3n) is 5.78. The van der Waals surface area contributed by atoms with Crippen LogP contribution in [0, 0.1) is 0 Å². The number of likely N-dealkylation sites (tertiary alicyclic amines) is 1. The molecule has 1 fully saturated rings. The molecule has 4 aromatic rings. The van der Waals surface area contributed by atoms with Crippen LogP contribution < -0.4 is 10.4 Å². The Kier molecular flexibility index (Phi) is 5.01. The SMILES string of the molecule is [2H]c1cc(-c2ccc3nnn(CCF)c3c2)c2c(OC)nc(=NC3CCN(C)CC3(F)F)[nH]n12. The van der Waals surface area contributed by atoms with Crippen molar-refractivity contribution in [3.8, 4) is 17.0 Å². The number of benzene rings is 1. The number of rotatable bonds is 5. The summed E-state index contributed by atoms with van der Waals surface area (Å²) in [6, 6.07) is 5.74. The molecule has 1 aliphatic heterocycles. The lowest BCUT2D eigenvalue weighted by Gasteiger charge is -2.33. The minimum Gasteiger partial charge on any atom is -0.479 e. The molecule has 1 aromatic carbocycles. The molecule has 174 valence electrons. The predicted molar refractivity (Wildman–Crippen MR) is 115 cm³/mol. The van der Waals surface area contributed by atoms with Gasteiger partial charge < -0.3 is 9.64 Å². The van der Waals surface area contributed by atoms with Crippen LogP contribution in [-0.2, 0) is 6.54 Å². The van der Waals surface area contributed by atoms with E-state index < -0.39 is 18.6 Å². The molecule has 0 saturated carbocycles. The fraction of sp³-hybridized carbons (Fsp3) is 0.429. The molecule has 1 saturated heterocycles. The quantitative estimate of drug-likeness (QED) is 0.493. The van der Waals surface area contributed by atoms with Crippen molar-refractivity contribution < 1.29 is 19.3 Å². The zero-order chi connectivity index (χ0) is 24.0. The molecule has 1 N–H and O–H groups in total. The largest absolute Gasteiger partial charge is 0.479 e. The van der Waals surface area contributed by atoms with Crippen molar-refractivity contribution in [2.24, 2.45) is 4.99 Å². The second-order valence-corrected chi connectivity index (χ2v) is 8.07. The van der Waals surface area contributed by atoms with Crippen molar-refractivity contribution >= 4 is 16.6 Å². The van der Waals surface area contributed by atoms with E-state index in [4.69, 9.17) is 6.11 Å². The summed E-state index contributed by atoms with van der Waals surface area (Å²) >= 11 is 0. The molecule has 3 aromatic heterocycles. The molecule has 1 atom stereocenters. The Labute approximate surface area is 187 Å². The molecular weight excluding hydrogens is 437 g/mol. The molecule has 12 heteroatoms. The number of hydrogen-bond acceptors (Lipinski definition) is 6. The molecule has 0 radical (unpaired) electrons.